The van der Waals surface area contributed by atoms with Gasteiger partial charge in [0.05, 0.1) is 11.9 Å². The molecule has 1 aromatic carbocycles. The van der Waals surface area contributed by atoms with Crippen LogP contribution in [0.1, 0.15) is 55.4 Å². The third kappa shape index (κ3) is 6.68. The lowest BCUT2D eigenvalue weighted by Crippen LogP contribution is -2.48. The maximum atomic E-state index is 12.7. The lowest BCUT2D eigenvalue weighted by molar-refractivity contribution is -0.119. The van der Waals surface area contributed by atoms with Crippen LogP contribution in [0.4, 0.5) is 15.6 Å². The topological polar surface area (TPSA) is 130 Å². The average molecular weight is 463 g/mol. The van der Waals surface area contributed by atoms with E-state index in [4.69, 9.17) is 4.74 Å². The van der Waals surface area contributed by atoms with E-state index in [2.05, 4.69) is 20.9 Å². The van der Waals surface area contributed by atoms with Crippen LogP contribution < -0.4 is 16.0 Å². The van der Waals surface area contributed by atoms with Crippen molar-refractivity contribution < 1.29 is 24.2 Å². The van der Waals surface area contributed by atoms with Gasteiger partial charge in [0.1, 0.15) is 22.3 Å². The maximum absolute atomic E-state index is 12.7. The van der Waals surface area contributed by atoms with Gasteiger partial charge in [0, 0.05) is 5.56 Å². The van der Waals surface area contributed by atoms with Crippen LogP contribution in [0, 0.1) is 19.8 Å². The van der Waals surface area contributed by atoms with E-state index < -0.39 is 29.6 Å². The Bertz CT molecular complexity index is 1010. The molecule has 0 aliphatic carbocycles. The molecule has 4 N–H and O–H groups in total. The minimum atomic E-state index is -0.844. The van der Waals surface area contributed by atoms with Crippen LogP contribution in [0.15, 0.2) is 18.3 Å². The molecule has 0 radical (unpaired) electrons. The number of thiazole rings is 1. The molecule has 1 aromatic heterocycles. The van der Waals surface area contributed by atoms with Crippen molar-refractivity contribution in [3.63, 3.8) is 0 Å². The zero-order valence-electron chi connectivity index (χ0n) is 19.3. The Balaban J connectivity index is 2.08. The lowest BCUT2D eigenvalue weighted by atomic mass is 10.0. The van der Waals surface area contributed by atoms with E-state index in [1.165, 1.54) is 6.20 Å². The number of alkyl carbamates (subject to hydrolysis) is 1. The van der Waals surface area contributed by atoms with E-state index in [0.717, 1.165) is 16.9 Å². The summed E-state index contributed by atoms with van der Waals surface area (Å²) >= 11 is 1.00. The summed E-state index contributed by atoms with van der Waals surface area (Å²) in [6.07, 6.45) is 0.664. The molecule has 1 atom stereocenters. The van der Waals surface area contributed by atoms with E-state index >= 15 is 0 Å². The van der Waals surface area contributed by atoms with Crippen LogP contribution in [0.25, 0.3) is 0 Å². The molecule has 0 aliphatic heterocycles. The zero-order chi connectivity index (χ0) is 24.2. The van der Waals surface area contributed by atoms with Crippen molar-refractivity contribution in [3.05, 3.63) is 34.3 Å². The Hall–Kier alpha value is -3.14. The summed E-state index contributed by atoms with van der Waals surface area (Å²) in [6, 6.07) is 2.43. The summed E-state index contributed by atoms with van der Waals surface area (Å²) in [7, 11) is 0. The van der Waals surface area contributed by atoms with Crippen LogP contribution in [0.2, 0.25) is 0 Å². The van der Waals surface area contributed by atoms with Crippen LogP contribution in [-0.4, -0.2) is 39.6 Å². The van der Waals surface area contributed by atoms with Gasteiger partial charge in [0.25, 0.3) is 5.91 Å². The summed E-state index contributed by atoms with van der Waals surface area (Å²) in [5.41, 5.74) is 1.20. The highest BCUT2D eigenvalue weighted by Crippen LogP contribution is 2.29. The number of carbonyl (C=O) groups excluding carboxylic acids is 3. The number of phenols is 1. The largest absolute Gasteiger partial charge is 0.508 e. The molecular weight excluding hydrogens is 432 g/mol. The van der Waals surface area contributed by atoms with Gasteiger partial charge in [-0.1, -0.05) is 31.3 Å². The predicted octanol–water partition coefficient (Wildman–Crippen LogP) is 4.21. The number of nitrogens with zero attached hydrogens (tertiary/aromatic N) is 1. The number of ether oxygens (including phenoxy) is 1. The first-order valence-electron chi connectivity index (χ1n) is 10.1. The highest BCUT2D eigenvalue weighted by molar-refractivity contribution is 7.17. The summed E-state index contributed by atoms with van der Waals surface area (Å²) in [6.45, 7) is 12.3. The van der Waals surface area contributed by atoms with Crippen molar-refractivity contribution in [1.82, 2.24) is 10.3 Å². The lowest BCUT2D eigenvalue weighted by Gasteiger charge is -2.24. The average Bonchev–Trinajstić information content (AvgIpc) is 3.13. The molecule has 9 nitrogen and oxygen atoms in total. The fourth-order valence-electron chi connectivity index (χ4n) is 2.79. The Labute approximate surface area is 191 Å². The number of aryl methyl sites for hydroxylation is 1. The van der Waals surface area contributed by atoms with Crippen LogP contribution in [-0.2, 0) is 9.53 Å². The number of phenolic OH excluding ortho intramolecular Hbond substituents is 1. The molecule has 0 fully saturated rings. The number of rotatable bonds is 6. The van der Waals surface area contributed by atoms with E-state index in [1.54, 1.807) is 53.7 Å². The van der Waals surface area contributed by atoms with Crippen molar-refractivity contribution >= 4 is 40.1 Å². The molecule has 32 heavy (non-hydrogen) atoms. The highest BCUT2D eigenvalue weighted by Gasteiger charge is 2.28. The summed E-state index contributed by atoms with van der Waals surface area (Å²) in [4.78, 5) is 41.8. The first-order chi connectivity index (χ1) is 14.8. The van der Waals surface area contributed by atoms with Crippen molar-refractivity contribution in [2.75, 3.05) is 10.6 Å². The fourth-order valence-corrected chi connectivity index (χ4v) is 3.51. The molecule has 0 saturated heterocycles. The number of hydrogen-bond donors (Lipinski definition) is 4. The Morgan fingerprint density at radius 2 is 1.78 bits per heavy atom. The fraction of sp³-hybridized carbons (Fsp3) is 0.455. The second-order valence-corrected chi connectivity index (χ2v) is 9.77. The zero-order valence-corrected chi connectivity index (χ0v) is 20.1. The van der Waals surface area contributed by atoms with Crippen molar-refractivity contribution in [2.24, 2.45) is 5.92 Å². The minimum Gasteiger partial charge on any atom is -0.508 e. The van der Waals surface area contributed by atoms with Gasteiger partial charge < -0.3 is 25.8 Å². The van der Waals surface area contributed by atoms with Gasteiger partial charge in [-0.2, -0.15) is 0 Å². The summed E-state index contributed by atoms with van der Waals surface area (Å²) in [5.74, 6) is -0.999. The third-order valence-electron chi connectivity index (χ3n) is 4.46. The van der Waals surface area contributed by atoms with E-state index in [1.807, 2.05) is 6.92 Å². The predicted molar refractivity (Wildman–Crippen MR) is 124 cm³/mol. The van der Waals surface area contributed by atoms with Gasteiger partial charge in [0.15, 0.2) is 5.13 Å². The second-order valence-electron chi connectivity index (χ2n) is 8.74. The van der Waals surface area contributed by atoms with Gasteiger partial charge in [-0.05, 0) is 52.2 Å². The third-order valence-corrected chi connectivity index (χ3v) is 5.38. The minimum absolute atomic E-state index is 0.0837. The maximum Gasteiger partial charge on any atom is 0.408 e. The summed E-state index contributed by atoms with van der Waals surface area (Å²) < 4.78 is 5.22. The first kappa shape index (κ1) is 25.1. The number of amides is 3. The van der Waals surface area contributed by atoms with Gasteiger partial charge >= 0.3 is 6.09 Å². The van der Waals surface area contributed by atoms with Gasteiger partial charge in [0.2, 0.25) is 5.91 Å². The van der Waals surface area contributed by atoms with Gasteiger partial charge in [-0.15, -0.1) is 0 Å². The summed E-state index contributed by atoms with van der Waals surface area (Å²) in [5, 5.41) is 18.1. The molecule has 10 heteroatoms. The molecule has 0 unspecified atom stereocenters. The molecule has 2 rings (SSSR count). The van der Waals surface area contributed by atoms with E-state index in [9.17, 15) is 19.5 Å². The van der Waals surface area contributed by atoms with E-state index in [-0.39, 0.29) is 21.7 Å². The smallest absolute Gasteiger partial charge is 0.408 e. The van der Waals surface area contributed by atoms with E-state index in [0.29, 0.717) is 11.3 Å². The normalized spacial score (nSPS) is 12.2. The Morgan fingerprint density at radius 1 is 1.12 bits per heavy atom. The number of aromatic hydroxyl groups is 1. The molecule has 0 bridgehead atoms. The molecule has 174 valence electrons. The molecule has 1 heterocycles. The molecule has 2 aromatic rings. The second kappa shape index (κ2) is 9.99. The first-order valence-corrected chi connectivity index (χ1v) is 11.0. The Morgan fingerprint density at radius 3 is 2.38 bits per heavy atom. The molecule has 0 aliphatic rings. The molecule has 0 saturated carbocycles. The number of nitrogens with one attached hydrogen (secondary N) is 3. The number of benzene rings is 1. The highest BCUT2D eigenvalue weighted by atomic mass is 32.1. The molecule has 3 amide bonds. The monoisotopic (exact) mass is 462 g/mol. The van der Waals surface area contributed by atoms with Crippen molar-refractivity contribution in [1.29, 1.82) is 0 Å². The van der Waals surface area contributed by atoms with Crippen LogP contribution in [0.5, 0.6) is 5.75 Å². The van der Waals surface area contributed by atoms with Crippen molar-refractivity contribution in [3.8, 4) is 5.75 Å². The van der Waals surface area contributed by atoms with Crippen molar-refractivity contribution in [2.45, 2.75) is 60.1 Å². The number of aromatic nitrogens is 1. The van der Waals surface area contributed by atoms with Crippen LogP contribution in [0.3, 0.4) is 0 Å². The SMILES string of the molecule is Cc1ccc(O)c(C)c1NC(=O)c1cnc(NC(=O)[C@@H](NC(=O)OC(C)(C)C)C(C)C)s1. The van der Waals surface area contributed by atoms with Crippen LogP contribution >= 0.6 is 11.3 Å². The number of carbonyl (C=O) groups is 3. The Kier molecular flexibility index (Phi) is 7.84. The number of anilines is 2. The quantitative estimate of drug-likeness (QED) is 0.509. The number of hydrogen-bond acceptors (Lipinski definition) is 7. The standard InChI is InChI=1S/C22H30N4O5S/c1-11(2)16(25-21(30)31-22(5,6)7)19(29)26-20-23-10-15(32-20)18(28)24-17-12(3)8-9-14(27)13(17)4/h8-11,16,27H,1-7H3,(H,24,28)(H,25,30)(H,23,26,29)/t16-/m0/s1. The van der Waals surface area contributed by atoms with Gasteiger partial charge in [-0.25, -0.2) is 9.78 Å². The molecule has 0 spiro atoms. The molecular formula is C22H30N4O5S. The van der Waals surface area contributed by atoms with Gasteiger partial charge in [-0.3, -0.25) is 9.59 Å².